The third-order valence-corrected chi connectivity index (χ3v) is 3.58. The molecule has 0 heterocycles. The summed E-state index contributed by atoms with van der Waals surface area (Å²) in [6.45, 7) is 5.64. The third-order valence-electron chi connectivity index (χ3n) is 3.25. The molecule has 0 saturated heterocycles. The Morgan fingerprint density at radius 1 is 1.42 bits per heavy atom. The number of aliphatic hydroxyl groups is 1. The summed E-state index contributed by atoms with van der Waals surface area (Å²) in [5, 5.41) is 11.2. The van der Waals surface area contributed by atoms with Gasteiger partial charge in [-0.15, -0.1) is 0 Å². The number of ether oxygens (including phenoxy) is 1. The predicted molar refractivity (Wildman–Crippen MR) is 76.1 cm³/mol. The second kappa shape index (κ2) is 6.92. The number of rotatable bonds is 6. The van der Waals surface area contributed by atoms with Gasteiger partial charge >= 0.3 is 5.97 Å². The fourth-order valence-electron chi connectivity index (χ4n) is 2.22. The van der Waals surface area contributed by atoms with Crippen LogP contribution in [0.4, 0.5) is 0 Å². The number of carbonyl (C=O) groups excluding carboxylic acids is 1. The Kier molecular flexibility index (Phi) is 5.83. The van der Waals surface area contributed by atoms with Crippen molar-refractivity contribution in [2.24, 2.45) is 5.92 Å². The van der Waals surface area contributed by atoms with Crippen molar-refractivity contribution in [1.29, 1.82) is 0 Å². The molecule has 1 aromatic rings. The number of hydrogen-bond acceptors (Lipinski definition) is 3. The Labute approximate surface area is 119 Å². The number of esters is 1. The zero-order chi connectivity index (χ0) is 14.5. The molecule has 0 aliphatic heterocycles. The van der Waals surface area contributed by atoms with Gasteiger partial charge in [0, 0.05) is 10.6 Å². The van der Waals surface area contributed by atoms with Crippen molar-refractivity contribution in [3.8, 4) is 0 Å². The van der Waals surface area contributed by atoms with E-state index in [1.807, 2.05) is 6.92 Å². The molecule has 0 aliphatic rings. The largest absolute Gasteiger partial charge is 0.466 e. The van der Waals surface area contributed by atoms with E-state index in [0.29, 0.717) is 23.6 Å². The highest BCUT2D eigenvalue weighted by molar-refractivity contribution is 6.31. The van der Waals surface area contributed by atoms with Gasteiger partial charge in [0.25, 0.3) is 0 Å². The van der Waals surface area contributed by atoms with Gasteiger partial charge < -0.3 is 9.84 Å². The quantitative estimate of drug-likeness (QED) is 0.813. The molecule has 106 valence electrons. The van der Waals surface area contributed by atoms with E-state index in [4.69, 9.17) is 16.3 Å². The van der Waals surface area contributed by atoms with Gasteiger partial charge in [-0.3, -0.25) is 4.79 Å². The summed E-state index contributed by atoms with van der Waals surface area (Å²) in [6.07, 6.45) is 1.33. The van der Waals surface area contributed by atoms with Gasteiger partial charge in [-0.2, -0.15) is 0 Å². The monoisotopic (exact) mass is 284 g/mol. The fraction of sp³-hybridized carbons (Fsp3) is 0.533. The molecular formula is C15H21ClO3. The molecular weight excluding hydrogens is 264 g/mol. The lowest BCUT2D eigenvalue weighted by Gasteiger charge is -2.32. The maximum absolute atomic E-state index is 12.0. The van der Waals surface area contributed by atoms with Crippen molar-refractivity contribution in [3.63, 3.8) is 0 Å². The lowest BCUT2D eigenvalue weighted by atomic mass is 9.80. The van der Waals surface area contributed by atoms with Crippen LogP contribution in [0.1, 0.15) is 39.2 Å². The fourth-order valence-corrected chi connectivity index (χ4v) is 2.55. The van der Waals surface area contributed by atoms with Crippen LogP contribution in [0.15, 0.2) is 24.3 Å². The zero-order valence-corrected chi connectivity index (χ0v) is 12.4. The standard InChI is InChI=1S/C15H21ClO3/c1-4-8-12(14(17)19-5-2)15(3,18)11-9-6-7-10-13(11)16/h6-7,9-10,12,18H,4-5,8H2,1-3H3. The van der Waals surface area contributed by atoms with Crippen LogP contribution in [0.2, 0.25) is 5.02 Å². The number of hydrogen-bond donors (Lipinski definition) is 1. The molecule has 0 saturated carbocycles. The van der Waals surface area contributed by atoms with E-state index in [1.165, 1.54) is 0 Å². The smallest absolute Gasteiger partial charge is 0.312 e. The molecule has 2 atom stereocenters. The van der Waals surface area contributed by atoms with Crippen LogP contribution in [-0.2, 0) is 15.1 Å². The number of benzene rings is 1. The molecule has 1 rings (SSSR count). The van der Waals surface area contributed by atoms with Gasteiger partial charge in [0.05, 0.1) is 12.5 Å². The Morgan fingerprint density at radius 3 is 2.58 bits per heavy atom. The van der Waals surface area contributed by atoms with Gasteiger partial charge in [0.2, 0.25) is 0 Å². The highest BCUT2D eigenvalue weighted by Crippen LogP contribution is 2.37. The van der Waals surface area contributed by atoms with Crippen LogP contribution in [0.25, 0.3) is 0 Å². The first-order valence-corrected chi connectivity index (χ1v) is 6.96. The first kappa shape index (κ1) is 16.0. The van der Waals surface area contributed by atoms with Crippen LogP contribution in [-0.4, -0.2) is 17.7 Å². The van der Waals surface area contributed by atoms with Crippen molar-refractivity contribution in [3.05, 3.63) is 34.9 Å². The van der Waals surface area contributed by atoms with E-state index in [-0.39, 0.29) is 5.97 Å². The average molecular weight is 285 g/mol. The molecule has 19 heavy (non-hydrogen) atoms. The van der Waals surface area contributed by atoms with Gasteiger partial charge in [0.15, 0.2) is 0 Å². The summed E-state index contributed by atoms with van der Waals surface area (Å²) in [5.74, 6) is -0.994. The van der Waals surface area contributed by atoms with Crippen molar-refractivity contribution < 1.29 is 14.6 Å². The Balaban J connectivity index is 3.12. The predicted octanol–water partition coefficient (Wildman–Crippen LogP) is 3.53. The minimum Gasteiger partial charge on any atom is -0.466 e. The lowest BCUT2D eigenvalue weighted by molar-refractivity contribution is -0.158. The summed E-state index contributed by atoms with van der Waals surface area (Å²) in [5.41, 5.74) is -0.774. The first-order chi connectivity index (χ1) is 8.95. The minimum atomic E-state index is -1.33. The highest BCUT2D eigenvalue weighted by atomic mass is 35.5. The van der Waals surface area contributed by atoms with Gasteiger partial charge in [-0.25, -0.2) is 0 Å². The first-order valence-electron chi connectivity index (χ1n) is 6.59. The minimum absolute atomic E-state index is 0.303. The van der Waals surface area contributed by atoms with Crippen LogP contribution in [0.3, 0.4) is 0 Å². The van der Waals surface area contributed by atoms with Gasteiger partial charge in [-0.1, -0.05) is 43.1 Å². The molecule has 3 nitrogen and oxygen atoms in total. The molecule has 4 heteroatoms. The van der Waals surface area contributed by atoms with E-state index in [0.717, 1.165) is 6.42 Å². The molecule has 0 fully saturated rings. The molecule has 1 N–H and O–H groups in total. The Hall–Kier alpha value is -1.06. The van der Waals surface area contributed by atoms with Crippen molar-refractivity contribution >= 4 is 17.6 Å². The van der Waals surface area contributed by atoms with Crippen LogP contribution < -0.4 is 0 Å². The van der Waals surface area contributed by atoms with E-state index in [2.05, 4.69) is 0 Å². The maximum Gasteiger partial charge on any atom is 0.312 e. The van der Waals surface area contributed by atoms with Crippen LogP contribution in [0, 0.1) is 5.92 Å². The second-order valence-corrected chi connectivity index (χ2v) is 5.13. The SMILES string of the molecule is CCCC(C(=O)OCC)C(C)(O)c1ccccc1Cl. The Bertz CT molecular complexity index is 429. The summed E-state index contributed by atoms with van der Waals surface area (Å²) in [6, 6.07) is 7.04. The van der Waals surface area contributed by atoms with Crippen LogP contribution >= 0.6 is 11.6 Å². The molecule has 0 spiro atoms. The summed E-state index contributed by atoms with van der Waals surface area (Å²) < 4.78 is 5.06. The third kappa shape index (κ3) is 3.71. The normalized spacial score (nSPS) is 15.6. The average Bonchev–Trinajstić information content (AvgIpc) is 2.36. The zero-order valence-electron chi connectivity index (χ0n) is 11.6. The van der Waals surface area contributed by atoms with Gasteiger partial charge in [-0.05, 0) is 26.3 Å². The molecule has 2 unspecified atom stereocenters. The topological polar surface area (TPSA) is 46.5 Å². The molecule has 0 amide bonds. The number of carbonyl (C=O) groups is 1. The van der Waals surface area contributed by atoms with Crippen molar-refractivity contribution in [2.75, 3.05) is 6.61 Å². The van der Waals surface area contributed by atoms with Gasteiger partial charge in [0.1, 0.15) is 5.60 Å². The van der Waals surface area contributed by atoms with E-state index < -0.39 is 11.5 Å². The Morgan fingerprint density at radius 2 is 2.05 bits per heavy atom. The second-order valence-electron chi connectivity index (χ2n) is 4.72. The molecule has 1 aromatic carbocycles. The van der Waals surface area contributed by atoms with E-state index >= 15 is 0 Å². The summed E-state index contributed by atoms with van der Waals surface area (Å²) >= 11 is 6.12. The molecule has 0 aromatic heterocycles. The lowest BCUT2D eigenvalue weighted by Crippen LogP contribution is -2.38. The number of halogens is 1. The highest BCUT2D eigenvalue weighted by Gasteiger charge is 2.40. The molecule has 0 radical (unpaired) electrons. The van der Waals surface area contributed by atoms with E-state index in [9.17, 15) is 9.90 Å². The van der Waals surface area contributed by atoms with E-state index in [1.54, 1.807) is 38.1 Å². The molecule has 0 aliphatic carbocycles. The van der Waals surface area contributed by atoms with Crippen molar-refractivity contribution in [1.82, 2.24) is 0 Å². The maximum atomic E-state index is 12.0. The summed E-state index contributed by atoms with van der Waals surface area (Å²) in [4.78, 5) is 12.0. The molecule has 0 bridgehead atoms. The van der Waals surface area contributed by atoms with Crippen LogP contribution in [0.5, 0.6) is 0 Å². The van der Waals surface area contributed by atoms with Crippen molar-refractivity contribution in [2.45, 2.75) is 39.2 Å². The summed E-state index contributed by atoms with van der Waals surface area (Å²) in [7, 11) is 0.